The zero-order valence-electron chi connectivity index (χ0n) is 10.7. The van der Waals surface area contributed by atoms with Gasteiger partial charge < -0.3 is 5.32 Å². The Bertz CT molecular complexity index is 413. The minimum absolute atomic E-state index is 0.155. The number of carbonyl (C=O) groups excluding carboxylic acids is 2. The highest BCUT2D eigenvalue weighted by atomic mass is 32.2. The van der Waals surface area contributed by atoms with Gasteiger partial charge in [0.15, 0.2) is 5.17 Å². The molecule has 0 fully saturated rings. The van der Waals surface area contributed by atoms with Crippen molar-refractivity contribution in [1.82, 2.24) is 10.3 Å². The lowest BCUT2D eigenvalue weighted by Gasteiger charge is -2.27. The van der Waals surface area contributed by atoms with Gasteiger partial charge in [0.05, 0.1) is 0 Å². The lowest BCUT2D eigenvalue weighted by atomic mass is 10.2. The molecule has 0 aromatic rings. The summed E-state index contributed by atoms with van der Waals surface area (Å²) in [5.41, 5.74) is 1.09. The van der Waals surface area contributed by atoms with Crippen molar-refractivity contribution >= 4 is 28.7 Å². The Morgan fingerprint density at radius 2 is 1.94 bits per heavy atom. The van der Waals surface area contributed by atoms with E-state index in [4.69, 9.17) is 0 Å². The summed E-state index contributed by atoms with van der Waals surface area (Å²) in [6, 6.07) is 0. The molecule has 0 aliphatic carbocycles. The maximum Gasteiger partial charge on any atom is 0.241 e. The van der Waals surface area contributed by atoms with Crippen LogP contribution >= 0.6 is 11.8 Å². The van der Waals surface area contributed by atoms with Gasteiger partial charge in [-0.25, -0.2) is 5.01 Å². The summed E-state index contributed by atoms with van der Waals surface area (Å²) in [5.74, 6) is -0.348. The molecule has 17 heavy (non-hydrogen) atoms. The Balaban J connectivity index is 3.01. The number of nitrogens with zero attached hydrogens (tertiary/aromatic N) is 2. The molecule has 0 saturated carbocycles. The molecule has 1 aliphatic rings. The predicted octanol–water partition coefficient (Wildman–Crippen LogP) is 1.67. The SMILES string of the molecule is CC(=O)NC1=NN(C(C)=O)[C@](C)(C=C(C)C)S1. The van der Waals surface area contributed by atoms with Crippen molar-refractivity contribution in [1.29, 1.82) is 0 Å². The van der Waals surface area contributed by atoms with E-state index in [1.807, 2.05) is 26.8 Å². The second kappa shape index (κ2) is 4.91. The molecule has 0 radical (unpaired) electrons. The third-order valence-electron chi connectivity index (χ3n) is 2.05. The first-order valence-corrected chi connectivity index (χ1v) is 6.08. The van der Waals surface area contributed by atoms with Crippen molar-refractivity contribution in [2.75, 3.05) is 0 Å². The van der Waals surface area contributed by atoms with Gasteiger partial charge in [0.1, 0.15) is 4.87 Å². The molecule has 0 aromatic heterocycles. The van der Waals surface area contributed by atoms with Crippen molar-refractivity contribution < 1.29 is 9.59 Å². The number of amides is 2. The Labute approximate surface area is 105 Å². The van der Waals surface area contributed by atoms with E-state index < -0.39 is 4.87 Å². The summed E-state index contributed by atoms with van der Waals surface area (Å²) in [6.45, 7) is 8.68. The first kappa shape index (κ1) is 13.8. The second-order valence-electron chi connectivity index (χ2n) is 4.30. The fraction of sp³-hybridized carbons (Fsp3) is 0.545. The predicted molar refractivity (Wildman–Crippen MR) is 69.2 cm³/mol. The van der Waals surface area contributed by atoms with Crippen LogP contribution in [0.25, 0.3) is 0 Å². The Morgan fingerprint density at radius 1 is 1.35 bits per heavy atom. The third-order valence-corrected chi connectivity index (χ3v) is 3.13. The highest BCUT2D eigenvalue weighted by molar-refractivity contribution is 8.15. The van der Waals surface area contributed by atoms with Crippen LogP contribution in [0.1, 0.15) is 34.6 Å². The van der Waals surface area contributed by atoms with Gasteiger partial charge in [0.25, 0.3) is 0 Å². The maximum atomic E-state index is 11.5. The number of hydrogen-bond donors (Lipinski definition) is 1. The molecule has 1 N–H and O–H groups in total. The lowest BCUT2D eigenvalue weighted by molar-refractivity contribution is -0.130. The fourth-order valence-electron chi connectivity index (χ4n) is 1.66. The van der Waals surface area contributed by atoms with Crippen molar-refractivity contribution in [2.45, 2.75) is 39.5 Å². The van der Waals surface area contributed by atoms with Gasteiger partial charge in [0.2, 0.25) is 11.8 Å². The summed E-state index contributed by atoms with van der Waals surface area (Å²) >= 11 is 1.35. The summed E-state index contributed by atoms with van der Waals surface area (Å²) in [7, 11) is 0. The lowest BCUT2D eigenvalue weighted by Crippen LogP contribution is -2.38. The molecule has 94 valence electrons. The van der Waals surface area contributed by atoms with E-state index in [0.29, 0.717) is 5.17 Å². The molecule has 0 aromatic carbocycles. The van der Waals surface area contributed by atoms with Crippen molar-refractivity contribution in [2.24, 2.45) is 5.10 Å². The highest BCUT2D eigenvalue weighted by Gasteiger charge is 2.40. The number of carbonyl (C=O) groups is 2. The second-order valence-corrected chi connectivity index (χ2v) is 5.71. The molecule has 0 bridgehead atoms. The number of allylic oxidation sites excluding steroid dienone is 1. The normalized spacial score (nSPS) is 23.1. The van der Waals surface area contributed by atoms with Crippen molar-refractivity contribution in [3.8, 4) is 0 Å². The molecule has 5 nitrogen and oxygen atoms in total. The summed E-state index contributed by atoms with van der Waals surface area (Å²) in [6.07, 6.45) is 1.96. The molecule has 2 amide bonds. The number of rotatable bonds is 1. The van der Waals surface area contributed by atoms with Crippen LogP contribution in [0.4, 0.5) is 0 Å². The number of hydrogen-bond acceptors (Lipinski definition) is 4. The van der Waals surface area contributed by atoms with Gasteiger partial charge in [-0.1, -0.05) is 17.3 Å². The third kappa shape index (κ3) is 3.33. The van der Waals surface area contributed by atoms with E-state index in [1.54, 1.807) is 0 Å². The molecule has 1 atom stereocenters. The Hall–Kier alpha value is -1.30. The van der Waals surface area contributed by atoms with Crippen LogP contribution in [0.15, 0.2) is 16.8 Å². The average molecular weight is 255 g/mol. The van der Waals surface area contributed by atoms with Crippen LogP contribution in [0.3, 0.4) is 0 Å². The average Bonchev–Trinajstić information content (AvgIpc) is 2.39. The van der Waals surface area contributed by atoms with Gasteiger partial charge in [-0.2, -0.15) is 0 Å². The molecular weight excluding hydrogens is 238 g/mol. The van der Waals surface area contributed by atoms with E-state index in [9.17, 15) is 9.59 Å². The highest BCUT2D eigenvalue weighted by Crippen LogP contribution is 2.38. The first-order valence-electron chi connectivity index (χ1n) is 5.26. The number of hydrazone groups is 1. The van der Waals surface area contributed by atoms with Gasteiger partial charge >= 0.3 is 0 Å². The molecule has 1 heterocycles. The van der Waals surface area contributed by atoms with E-state index in [2.05, 4.69) is 10.4 Å². The molecular formula is C11H17N3O2S. The standard InChI is InChI=1S/C11H17N3O2S/c1-7(2)6-11(5)14(9(4)16)13-10(17-11)12-8(3)15/h6H,1-5H3,(H,12,13,15)/t11-/m0/s1. The Kier molecular flexibility index (Phi) is 3.98. The van der Waals surface area contributed by atoms with Gasteiger partial charge in [-0.3, -0.25) is 9.59 Å². The quantitative estimate of drug-likeness (QED) is 0.725. The molecule has 0 unspecified atom stereocenters. The van der Waals surface area contributed by atoms with E-state index in [1.165, 1.54) is 30.6 Å². The van der Waals surface area contributed by atoms with Crippen LogP contribution in [-0.4, -0.2) is 26.9 Å². The van der Waals surface area contributed by atoms with Crippen LogP contribution in [0, 0.1) is 0 Å². The summed E-state index contributed by atoms with van der Waals surface area (Å²) in [5, 5.41) is 8.56. The summed E-state index contributed by atoms with van der Waals surface area (Å²) < 4.78 is 0. The number of amidine groups is 1. The molecule has 0 spiro atoms. The molecule has 0 saturated heterocycles. The molecule has 1 rings (SSSR count). The smallest absolute Gasteiger partial charge is 0.241 e. The largest absolute Gasteiger partial charge is 0.304 e. The number of nitrogens with one attached hydrogen (secondary N) is 1. The van der Waals surface area contributed by atoms with E-state index >= 15 is 0 Å². The van der Waals surface area contributed by atoms with Crippen molar-refractivity contribution in [3.63, 3.8) is 0 Å². The zero-order chi connectivity index (χ0) is 13.2. The number of thioether (sulfide) groups is 1. The molecule has 6 heteroatoms. The minimum Gasteiger partial charge on any atom is -0.304 e. The van der Waals surface area contributed by atoms with Crippen LogP contribution in [0.2, 0.25) is 0 Å². The Morgan fingerprint density at radius 3 is 2.35 bits per heavy atom. The van der Waals surface area contributed by atoms with Crippen LogP contribution in [-0.2, 0) is 9.59 Å². The van der Waals surface area contributed by atoms with Crippen molar-refractivity contribution in [3.05, 3.63) is 11.6 Å². The first-order chi connectivity index (χ1) is 7.74. The topological polar surface area (TPSA) is 61.8 Å². The summed E-state index contributed by atoms with van der Waals surface area (Å²) in [4.78, 5) is 22.0. The van der Waals surface area contributed by atoms with E-state index in [0.717, 1.165) is 5.57 Å². The maximum absolute atomic E-state index is 11.5. The zero-order valence-corrected chi connectivity index (χ0v) is 11.5. The van der Waals surface area contributed by atoms with Gasteiger partial charge in [-0.15, -0.1) is 5.10 Å². The van der Waals surface area contributed by atoms with Gasteiger partial charge in [-0.05, 0) is 26.8 Å². The van der Waals surface area contributed by atoms with Crippen LogP contribution in [0.5, 0.6) is 0 Å². The monoisotopic (exact) mass is 255 g/mol. The fourth-order valence-corrected chi connectivity index (χ4v) is 2.92. The van der Waals surface area contributed by atoms with Gasteiger partial charge in [0, 0.05) is 13.8 Å². The van der Waals surface area contributed by atoms with Crippen LogP contribution < -0.4 is 5.32 Å². The minimum atomic E-state index is -0.567. The van der Waals surface area contributed by atoms with E-state index in [-0.39, 0.29) is 11.8 Å². The molecule has 1 aliphatic heterocycles.